The summed E-state index contributed by atoms with van der Waals surface area (Å²) >= 11 is 0. The Morgan fingerprint density at radius 3 is 2.70 bits per heavy atom. The van der Waals surface area contributed by atoms with Crippen LogP contribution in [0.5, 0.6) is 0 Å². The summed E-state index contributed by atoms with van der Waals surface area (Å²) in [4.78, 5) is 15.9. The lowest BCUT2D eigenvalue weighted by Crippen LogP contribution is -2.43. The fourth-order valence-corrected chi connectivity index (χ4v) is 2.91. The van der Waals surface area contributed by atoms with E-state index in [0.29, 0.717) is 30.9 Å². The Morgan fingerprint density at radius 1 is 1.30 bits per heavy atom. The zero-order chi connectivity index (χ0) is 16.9. The number of amides is 2. The molecule has 2 rings (SSSR count). The third-order valence-electron chi connectivity index (χ3n) is 4.16. The summed E-state index contributed by atoms with van der Waals surface area (Å²) < 4.78 is 38.9. The predicted octanol–water partition coefficient (Wildman–Crippen LogP) is 2.54. The lowest BCUT2D eigenvalue weighted by Gasteiger charge is -2.33. The third-order valence-corrected chi connectivity index (χ3v) is 4.16. The van der Waals surface area contributed by atoms with Crippen LogP contribution in [-0.2, 0) is 13.0 Å². The molecule has 0 unspecified atom stereocenters. The van der Waals surface area contributed by atoms with Crippen LogP contribution in [0.4, 0.5) is 18.0 Å². The largest absolute Gasteiger partial charge is 0.392 e. The topological polar surface area (TPSA) is 82.7 Å². The molecule has 0 radical (unpaired) electrons. The van der Waals surface area contributed by atoms with Crippen LogP contribution in [0.25, 0.3) is 0 Å². The Balaban J connectivity index is 1.76. The highest BCUT2D eigenvalue weighted by Crippen LogP contribution is 2.41. The lowest BCUT2D eigenvalue weighted by atomic mass is 9.79. The van der Waals surface area contributed by atoms with Gasteiger partial charge in [-0.3, -0.25) is 5.10 Å². The van der Waals surface area contributed by atoms with Gasteiger partial charge in [-0.2, -0.15) is 18.3 Å². The normalized spacial score (nSPS) is 21.9. The highest BCUT2D eigenvalue weighted by Gasteiger charge is 2.45. The van der Waals surface area contributed by atoms with Gasteiger partial charge in [-0.1, -0.05) is 19.8 Å². The number of alkyl halides is 3. The maximum absolute atomic E-state index is 13.0. The summed E-state index contributed by atoms with van der Waals surface area (Å²) in [6.07, 6.45) is -1.50. The van der Waals surface area contributed by atoms with Crippen LogP contribution in [0.1, 0.15) is 44.3 Å². The molecule has 1 aromatic rings. The Labute approximate surface area is 132 Å². The molecular weight excluding hydrogens is 311 g/mol. The maximum atomic E-state index is 13.0. The molecule has 1 heterocycles. The van der Waals surface area contributed by atoms with Crippen molar-refractivity contribution in [2.75, 3.05) is 6.54 Å². The number of carbonyl (C=O) groups is 1. The second kappa shape index (κ2) is 7.65. The van der Waals surface area contributed by atoms with Crippen molar-refractivity contribution >= 4 is 6.03 Å². The van der Waals surface area contributed by atoms with Gasteiger partial charge in [-0.05, 0) is 18.8 Å². The first-order chi connectivity index (χ1) is 10.9. The highest BCUT2D eigenvalue weighted by molar-refractivity contribution is 5.73. The zero-order valence-electron chi connectivity index (χ0n) is 13.0. The SMILES string of the molecule is CCc1n[nH]c(CNC(=O)NC[C@H]2CCCC[C@H]2C(F)(F)F)n1. The zero-order valence-corrected chi connectivity index (χ0v) is 13.0. The number of aromatic amines is 1. The van der Waals surface area contributed by atoms with E-state index in [9.17, 15) is 18.0 Å². The number of carbonyl (C=O) groups excluding carboxylic acids is 1. The number of halogens is 3. The van der Waals surface area contributed by atoms with Crippen molar-refractivity contribution in [3.05, 3.63) is 11.6 Å². The van der Waals surface area contributed by atoms with Crippen LogP contribution in [0.2, 0.25) is 0 Å². The molecule has 23 heavy (non-hydrogen) atoms. The van der Waals surface area contributed by atoms with Gasteiger partial charge < -0.3 is 10.6 Å². The summed E-state index contributed by atoms with van der Waals surface area (Å²) in [5.41, 5.74) is 0. The molecule has 0 bridgehead atoms. The Hall–Kier alpha value is -1.80. The van der Waals surface area contributed by atoms with E-state index in [1.165, 1.54) is 0 Å². The van der Waals surface area contributed by atoms with E-state index in [1.54, 1.807) is 0 Å². The molecule has 3 N–H and O–H groups in total. The number of hydrogen-bond acceptors (Lipinski definition) is 3. The summed E-state index contributed by atoms with van der Waals surface area (Å²) in [6, 6.07) is -0.494. The second-order valence-electron chi connectivity index (χ2n) is 5.81. The van der Waals surface area contributed by atoms with E-state index in [2.05, 4.69) is 25.8 Å². The van der Waals surface area contributed by atoms with Crippen molar-refractivity contribution in [3.8, 4) is 0 Å². The monoisotopic (exact) mass is 333 g/mol. The number of rotatable bonds is 5. The van der Waals surface area contributed by atoms with Gasteiger partial charge in [0.25, 0.3) is 0 Å². The van der Waals surface area contributed by atoms with Gasteiger partial charge >= 0.3 is 12.2 Å². The number of nitrogens with one attached hydrogen (secondary N) is 3. The van der Waals surface area contributed by atoms with Crippen molar-refractivity contribution < 1.29 is 18.0 Å². The fourth-order valence-electron chi connectivity index (χ4n) is 2.91. The van der Waals surface area contributed by atoms with Gasteiger partial charge in [0, 0.05) is 13.0 Å². The van der Waals surface area contributed by atoms with E-state index in [0.717, 1.165) is 6.42 Å². The van der Waals surface area contributed by atoms with Crippen molar-refractivity contribution in [2.24, 2.45) is 11.8 Å². The van der Waals surface area contributed by atoms with Crippen LogP contribution in [0, 0.1) is 11.8 Å². The number of H-pyrrole nitrogens is 1. The summed E-state index contributed by atoms with van der Waals surface area (Å²) in [6.45, 7) is 2.10. The fraction of sp³-hybridized carbons (Fsp3) is 0.786. The van der Waals surface area contributed by atoms with E-state index < -0.39 is 24.0 Å². The number of aromatic nitrogens is 3. The number of aryl methyl sites for hydroxylation is 1. The van der Waals surface area contributed by atoms with Crippen molar-refractivity contribution in [3.63, 3.8) is 0 Å². The van der Waals surface area contributed by atoms with Crippen molar-refractivity contribution in [1.29, 1.82) is 0 Å². The van der Waals surface area contributed by atoms with E-state index >= 15 is 0 Å². The van der Waals surface area contributed by atoms with Gasteiger partial charge in [0.15, 0.2) is 5.82 Å². The molecule has 1 fully saturated rings. The summed E-state index contributed by atoms with van der Waals surface area (Å²) in [5, 5.41) is 11.7. The average molecular weight is 333 g/mol. The molecule has 1 aliphatic carbocycles. The van der Waals surface area contributed by atoms with Crippen LogP contribution >= 0.6 is 0 Å². The molecule has 0 aliphatic heterocycles. The van der Waals surface area contributed by atoms with Crippen molar-refractivity contribution in [1.82, 2.24) is 25.8 Å². The van der Waals surface area contributed by atoms with Gasteiger partial charge in [-0.15, -0.1) is 0 Å². The van der Waals surface area contributed by atoms with Gasteiger partial charge in [-0.25, -0.2) is 9.78 Å². The Bertz CT molecular complexity index is 517. The molecule has 1 aromatic heterocycles. The van der Waals surface area contributed by atoms with Gasteiger partial charge in [0.1, 0.15) is 5.82 Å². The lowest BCUT2D eigenvalue weighted by molar-refractivity contribution is -0.195. The molecule has 6 nitrogen and oxygen atoms in total. The summed E-state index contributed by atoms with van der Waals surface area (Å²) in [5.74, 6) is -0.704. The molecular formula is C14H22F3N5O. The standard InChI is InChI=1S/C14H22F3N5O/c1-2-11-20-12(22-21-11)8-19-13(23)18-7-9-5-3-4-6-10(9)14(15,16)17/h9-10H,2-8H2,1H3,(H2,18,19,23)(H,20,21,22)/t9-,10-/m1/s1. The van der Waals surface area contributed by atoms with Crippen LogP contribution in [0.3, 0.4) is 0 Å². The Kier molecular flexibility index (Phi) is 5.84. The molecule has 1 aliphatic rings. The maximum Gasteiger partial charge on any atom is 0.392 e. The molecule has 0 aromatic carbocycles. The minimum absolute atomic E-state index is 0.0343. The molecule has 9 heteroatoms. The third kappa shape index (κ3) is 5.11. The first-order valence-electron chi connectivity index (χ1n) is 7.88. The minimum Gasteiger partial charge on any atom is -0.338 e. The number of nitrogens with zero attached hydrogens (tertiary/aromatic N) is 2. The van der Waals surface area contributed by atoms with E-state index in [1.807, 2.05) is 6.92 Å². The second-order valence-corrected chi connectivity index (χ2v) is 5.81. The minimum atomic E-state index is -4.19. The molecule has 1 saturated carbocycles. The molecule has 130 valence electrons. The van der Waals surface area contributed by atoms with E-state index in [-0.39, 0.29) is 19.5 Å². The molecule has 2 amide bonds. The summed E-state index contributed by atoms with van der Waals surface area (Å²) in [7, 11) is 0. The van der Waals surface area contributed by atoms with Gasteiger partial charge in [0.2, 0.25) is 0 Å². The van der Waals surface area contributed by atoms with Crippen molar-refractivity contribution in [2.45, 2.75) is 51.7 Å². The smallest absolute Gasteiger partial charge is 0.338 e. The highest BCUT2D eigenvalue weighted by atomic mass is 19.4. The first-order valence-corrected chi connectivity index (χ1v) is 7.88. The first kappa shape index (κ1) is 17.6. The molecule has 0 spiro atoms. The predicted molar refractivity (Wildman–Crippen MR) is 77.5 cm³/mol. The van der Waals surface area contributed by atoms with Crippen LogP contribution < -0.4 is 10.6 Å². The number of urea groups is 1. The van der Waals surface area contributed by atoms with Crippen LogP contribution in [0.15, 0.2) is 0 Å². The van der Waals surface area contributed by atoms with E-state index in [4.69, 9.17) is 0 Å². The quantitative estimate of drug-likeness (QED) is 0.774. The number of hydrogen-bond donors (Lipinski definition) is 3. The molecule has 2 atom stereocenters. The Morgan fingerprint density at radius 2 is 2.04 bits per heavy atom. The molecule has 0 saturated heterocycles. The average Bonchev–Trinajstić information content (AvgIpc) is 2.98. The van der Waals surface area contributed by atoms with Gasteiger partial charge in [0.05, 0.1) is 12.5 Å². The van der Waals surface area contributed by atoms with Crippen LogP contribution in [-0.4, -0.2) is 33.9 Å².